The molecule has 0 radical (unpaired) electrons. The zero-order chi connectivity index (χ0) is 18.7. The number of halogens is 7. The van der Waals surface area contributed by atoms with Gasteiger partial charge in [0.15, 0.2) is 0 Å². The minimum Gasteiger partial charge on any atom is -0.406 e. The molecule has 10 heteroatoms. The number of nitrogens with one attached hydrogen (secondary N) is 1. The van der Waals surface area contributed by atoms with Crippen molar-refractivity contribution in [1.82, 2.24) is 10.2 Å². The molecule has 1 saturated heterocycles. The van der Waals surface area contributed by atoms with Crippen LogP contribution in [0.1, 0.15) is 17.2 Å². The van der Waals surface area contributed by atoms with Gasteiger partial charge in [-0.15, -0.1) is 38.0 Å². The van der Waals surface area contributed by atoms with Crippen molar-refractivity contribution in [3.8, 4) is 5.75 Å². The van der Waals surface area contributed by atoms with Gasteiger partial charge < -0.3 is 10.1 Å². The Morgan fingerprint density at radius 1 is 1.00 bits per heavy atom. The number of rotatable bonds is 4. The van der Waals surface area contributed by atoms with E-state index in [2.05, 4.69) is 15.0 Å². The van der Waals surface area contributed by atoms with E-state index in [-0.39, 0.29) is 35.6 Å². The highest BCUT2D eigenvalue weighted by Crippen LogP contribution is 2.34. The van der Waals surface area contributed by atoms with Crippen molar-refractivity contribution in [2.45, 2.75) is 12.4 Å². The van der Waals surface area contributed by atoms with Crippen LogP contribution in [0.2, 0.25) is 5.02 Å². The maximum Gasteiger partial charge on any atom is 0.573 e. The van der Waals surface area contributed by atoms with Crippen LogP contribution in [0.15, 0.2) is 42.5 Å². The van der Waals surface area contributed by atoms with E-state index < -0.39 is 18.2 Å². The Bertz CT molecular complexity index is 753. The highest BCUT2D eigenvalue weighted by atomic mass is 35.5. The molecule has 1 aliphatic heterocycles. The van der Waals surface area contributed by atoms with Crippen LogP contribution in [0.4, 0.5) is 17.6 Å². The monoisotopic (exact) mass is 460 g/mol. The standard InChI is InChI=1S/C18H17ClF4N2O.2ClH/c19-15-3-1-2-14(16(15)20)17(25-10-8-24-9-11-25)12-4-6-13(7-5-12)26-18(21,22)23;;/h1-7,17,24H,8-11H2;2*1H/t17-;;/m1../s1. The van der Waals surface area contributed by atoms with Crippen LogP contribution < -0.4 is 10.1 Å². The number of hydrogen-bond donors (Lipinski definition) is 1. The quantitative estimate of drug-likeness (QED) is 0.632. The molecule has 1 aliphatic rings. The van der Waals surface area contributed by atoms with Gasteiger partial charge in [-0.2, -0.15) is 0 Å². The van der Waals surface area contributed by atoms with Gasteiger partial charge in [0.1, 0.15) is 11.6 Å². The van der Waals surface area contributed by atoms with E-state index in [0.29, 0.717) is 24.2 Å². The number of benzene rings is 2. The molecule has 1 heterocycles. The average molecular weight is 462 g/mol. The van der Waals surface area contributed by atoms with Crippen LogP contribution in [-0.4, -0.2) is 37.4 Å². The summed E-state index contributed by atoms with van der Waals surface area (Å²) in [6, 6.07) is 9.85. The lowest BCUT2D eigenvalue weighted by molar-refractivity contribution is -0.274. The minimum atomic E-state index is -4.75. The normalized spacial score (nSPS) is 15.9. The predicted molar refractivity (Wildman–Crippen MR) is 105 cm³/mol. The lowest BCUT2D eigenvalue weighted by Crippen LogP contribution is -2.45. The topological polar surface area (TPSA) is 24.5 Å². The Kier molecular flexibility index (Phi) is 9.30. The zero-order valence-electron chi connectivity index (χ0n) is 14.5. The van der Waals surface area contributed by atoms with Crippen molar-refractivity contribution in [3.63, 3.8) is 0 Å². The largest absolute Gasteiger partial charge is 0.573 e. The van der Waals surface area contributed by atoms with E-state index in [1.165, 1.54) is 30.3 Å². The number of piperazine rings is 1. The van der Waals surface area contributed by atoms with E-state index in [0.717, 1.165) is 13.1 Å². The lowest BCUT2D eigenvalue weighted by Gasteiger charge is -2.35. The first kappa shape index (κ1) is 24.8. The Morgan fingerprint density at radius 3 is 2.18 bits per heavy atom. The summed E-state index contributed by atoms with van der Waals surface area (Å²) in [7, 11) is 0. The lowest BCUT2D eigenvalue weighted by atomic mass is 9.96. The first-order valence-corrected chi connectivity index (χ1v) is 8.47. The molecule has 0 unspecified atom stereocenters. The van der Waals surface area contributed by atoms with E-state index in [4.69, 9.17) is 11.6 Å². The molecule has 3 rings (SSSR count). The van der Waals surface area contributed by atoms with Crippen LogP contribution in [-0.2, 0) is 0 Å². The van der Waals surface area contributed by atoms with Crippen molar-refractivity contribution in [1.29, 1.82) is 0 Å². The molecular weight excluding hydrogens is 443 g/mol. The second-order valence-electron chi connectivity index (χ2n) is 5.95. The maximum atomic E-state index is 14.6. The second-order valence-corrected chi connectivity index (χ2v) is 6.36. The first-order chi connectivity index (χ1) is 12.3. The summed E-state index contributed by atoms with van der Waals surface area (Å²) in [6.45, 7) is 2.84. The predicted octanol–water partition coefficient (Wildman–Crippen LogP) is 5.22. The third-order valence-corrected chi connectivity index (χ3v) is 4.51. The fourth-order valence-electron chi connectivity index (χ4n) is 3.11. The number of hydrogen-bond acceptors (Lipinski definition) is 3. The van der Waals surface area contributed by atoms with Crippen LogP contribution in [0, 0.1) is 5.82 Å². The van der Waals surface area contributed by atoms with Gasteiger partial charge in [-0.1, -0.05) is 35.9 Å². The minimum absolute atomic E-state index is 0. The van der Waals surface area contributed by atoms with E-state index >= 15 is 0 Å². The molecule has 0 amide bonds. The van der Waals surface area contributed by atoms with Crippen LogP contribution in [0.3, 0.4) is 0 Å². The number of nitrogens with zero attached hydrogens (tertiary/aromatic N) is 1. The maximum absolute atomic E-state index is 14.6. The molecule has 0 aliphatic carbocycles. The van der Waals surface area contributed by atoms with E-state index in [9.17, 15) is 17.6 Å². The summed E-state index contributed by atoms with van der Waals surface area (Å²) in [6.07, 6.45) is -4.75. The molecule has 0 spiro atoms. The zero-order valence-corrected chi connectivity index (χ0v) is 16.9. The van der Waals surface area contributed by atoms with Crippen LogP contribution >= 0.6 is 36.4 Å². The highest BCUT2D eigenvalue weighted by Gasteiger charge is 2.31. The van der Waals surface area contributed by atoms with Gasteiger partial charge in [0.25, 0.3) is 0 Å². The van der Waals surface area contributed by atoms with Gasteiger partial charge in [0, 0.05) is 31.7 Å². The van der Waals surface area contributed by atoms with Crippen LogP contribution in [0.25, 0.3) is 0 Å². The van der Waals surface area contributed by atoms with Crippen molar-refractivity contribution < 1.29 is 22.3 Å². The summed E-state index contributed by atoms with van der Waals surface area (Å²) >= 11 is 5.93. The summed E-state index contributed by atoms with van der Waals surface area (Å²) < 4.78 is 55.6. The molecule has 0 saturated carbocycles. The molecule has 1 atom stereocenters. The third kappa shape index (κ3) is 6.12. The smallest absolute Gasteiger partial charge is 0.406 e. The second kappa shape index (κ2) is 10.5. The molecule has 0 aromatic heterocycles. The Labute approximate surface area is 177 Å². The van der Waals surface area contributed by atoms with Gasteiger partial charge in [-0.25, -0.2) is 4.39 Å². The molecule has 2 aromatic carbocycles. The molecule has 3 nitrogen and oxygen atoms in total. The fraction of sp³-hybridized carbons (Fsp3) is 0.333. The van der Waals surface area contributed by atoms with Gasteiger partial charge in [0.2, 0.25) is 0 Å². The van der Waals surface area contributed by atoms with Crippen molar-refractivity contribution in [2.75, 3.05) is 26.2 Å². The first-order valence-electron chi connectivity index (χ1n) is 8.09. The fourth-order valence-corrected chi connectivity index (χ4v) is 3.29. The Hall–Kier alpha value is -1.25. The summed E-state index contributed by atoms with van der Waals surface area (Å²) in [5.74, 6) is -0.833. The van der Waals surface area contributed by atoms with Crippen molar-refractivity contribution in [2.24, 2.45) is 0 Å². The molecule has 1 fully saturated rings. The van der Waals surface area contributed by atoms with Crippen molar-refractivity contribution >= 4 is 36.4 Å². The third-order valence-electron chi connectivity index (χ3n) is 4.22. The van der Waals surface area contributed by atoms with Gasteiger partial charge in [-0.05, 0) is 23.8 Å². The van der Waals surface area contributed by atoms with E-state index in [1.807, 2.05) is 0 Å². The number of ether oxygens (including phenoxy) is 1. The molecular formula is C18H19Cl3F4N2O. The Morgan fingerprint density at radius 2 is 1.61 bits per heavy atom. The Balaban J connectivity index is 0.00000196. The van der Waals surface area contributed by atoms with Gasteiger partial charge in [-0.3, -0.25) is 4.90 Å². The van der Waals surface area contributed by atoms with E-state index in [1.54, 1.807) is 12.1 Å². The summed E-state index contributed by atoms with van der Waals surface area (Å²) in [5.41, 5.74) is 1.06. The summed E-state index contributed by atoms with van der Waals surface area (Å²) in [5, 5.41) is 3.24. The summed E-state index contributed by atoms with van der Waals surface area (Å²) in [4.78, 5) is 2.07. The molecule has 156 valence electrons. The van der Waals surface area contributed by atoms with Crippen molar-refractivity contribution in [3.05, 3.63) is 64.4 Å². The van der Waals surface area contributed by atoms with Gasteiger partial charge >= 0.3 is 6.36 Å². The average Bonchev–Trinajstić information content (AvgIpc) is 2.60. The molecule has 28 heavy (non-hydrogen) atoms. The van der Waals surface area contributed by atoms with Crippen LogP contribution in [0.5, 0.6) is 5.75 Å². The van der Waals surface area contributed by atoms with Gasteiger partial charge in [0.05, 0.1) is 11.1 Å². The molecule has 1 N–H and O–H groups in total. The SMILES string of the molecule is Cl.Cl.Fc1c(Cl)cccc1[C@@H](c1ccc(OC(F)(F)F)cc1)N1CCNCC1. The molecule has 0 bridgehead atoms. The number of alkyl halides is 3. The highest BCUT2D eigenvalue weighted by molar-refractivity contribution is 6.30. The molecule has 2 aromatic rings.